The molecule has 2 aliphatic heterocycles. The molecule has 1 fully saturated rings. The number of unbranched alkanes of at least 4 members (excludes halogenated alkanes) is 1. The maximum absolute atomic E-state index is 14.1. The van der Waals surface area contributed by atoms with Crippen LogP contribution in [0.2, 0.25) is 0 Å². The monoisotopic (exact) mass is 521 g/mol. The quantitative estimate of drug-likeness (QED) is 0.545. The highest BCUT2D eigenvalue weighted by Crippen LogP contribution is 2.40. The number of amides is 2. The third-order valence-corrected chi connectivity index (χ3v) is 7.20. The van der Waals surface area contributed by atoms with E-state index >= 15 is 0 Å². The molecule has 11 heteroatoms. The summed E-state index contributed by atoms with van der Waals surface area (Å²) in [6, 6.07) is 0.132. The number of fused-ring (bicyclic) bond motifs is 4. The van der Waals surface area contributed by atoms with Crippen LogP contribution in [0.5, 0.6) is 5.75 Å². The predicted molar refractivity (Wildman–Crippen MR) is 128 cm³/mol. The van der Waals surface area contributed by atoms with Crippen LogP contribution < -0.4 is 15.5 Å². The largest absolute Gasteiger partial charge is 0.487 e. The van der Waals surface area contributed by atoms with Crippen LogP contribution >= 0.6 is 0 Å². The topological polar surface area (TPSA) is 101 Å². The number of nitrogens with zero attached hydrogens (tertiary/aromatic N) is 2. The van der Waals surface area contributed by atoms with Crippen molar-refractivity contribution in [1.82, 2.24) is 14.8 Å². The van der Waals surface area contributed by atoms with Gasteiger partial charge in [-0.2, -0.15) is 0 Å². The van der Waals surface area contributed by atoms with Crippen LogP contribution in [-0.4, -0.2) is 51.2 Å². The Kier molecular flexibility index (Phi) is 7.36. The molecule has 2 aliphatic rings. The summed E-state index contributed by atoms with van der Waals surface area (Å²) in [5, 5.41) is 13.6. The number of pyridine rings is 1. The first kappa shape index (κ1) is 26.7. The normalized spacial score (nSPS) is 22.9. The number of carbonyl (C=O) groups excluding carboxylic acids is 2. The van der Waals surface area contributed by atoms with Gasteiger partial charge in [0, 0.05) is 43.0 Å². The molecule has 2 amide bonds. The second kappa shape index (κ2) is 10.2. The third kappa shape index (κ3) is 4.96. The summed E-state index contributed by atoms with van der Waals surface area (Å²) in [6.45, 7) is 5.09. The first-order valence-corrected chi connectivity index (χ1v) is 12.3. The van der Waals surface area contributed by atoms with Gasteiger partial charge in [-0.1, -0.05) is 13.3 Å². The summed E-state index contributed by atoms with van der Waals surface area (Å²) in [5.41, 5.74) is -3.13. The maximum Gasteiger partial charge on any atom is 0.274 e. The molecular weight excluding hydrogens is 491 g/mol. The average Bonchev–Trinajstić information content (AvgIpc) is 2.92. The zero-order chi connectivity index (χ0) is 27.1. The lowest BCUT2D eigenvalue weighted by molar-refractivity contribution is -0.00852. The summed E-state index contributed by atoms with van der Waals surface area (Å²) in [4.78, 5) is 41.6. The Morgan fingerprint density at radius 2 is 1.92 bits per heavy atom. The molecule has 2 bridgehead atoms. The molecule has 3 heterocycles. The number of aromatic nitrogens is 1. The van der Waals surface area contributed by atoms with Crippen molar-refractivity contribution in [3.05, 3.63) is 62.8 Å². The van der Waals surface area contributed by atoms with Gasteiger partial charge in [0.2, 0.25) is 5.43 Å². The average molecular weight is 522 g/mol. The summed E-state index contributed by atoms with van der Waals surface area (Å²) in [5.74, 6) is -5.16. The van der Waals surface area contributed by atoms with Gasteiger partial charge in [0.05, 0.1) is 18.2 Å². The molecule has 0 radical (unpaired) electrons. The van der Waals surface area contributed by atoms with Crippen molar-refractivity contribution in [3.63, 3.8) is 0 Å². The fourth-order valence-corrected chi connectivity index (χ4v) is 4.87. The SMILES string of the molecule is CCCCOc1c2n(cc(C(=O)NCc3c(F)cc(F)cc3F)c1=O)[C@@H]1CN(C2=O)[C@@H](C)CC[C@]1(C)O. The van der Waals surface area contributed by atoms with Crippen molar-refractivity contribution in [2.45, 2.75) is 70.7 Å². The Labute approximate surface area is 212 Å². The first-order valence-electron chi connectivity index (χ1n) is 12.3. The highest BCUT2D eigenvalue weighted by Gasteiger charge is 2.47. The maximum atomic E-state index is 14.1. The first-order chi connectivity index (χ1) is 17.5. The summed E-state index contributed by atoms with van der Waals surface area (Å²) < 4.78 is 48.5. The minimum absolute atomic E-state index is 0.0430. The van der Waals surface area contributed by atoms with Crippen molar-refractivity contribution in [2.75, 3.05) is 13.2 Å². The smallest absolute Gasteiger partial charge is 0.274 e. The number of nitrogens with one attached hydrogen (secondary N) is 1. The van der Waals surface area contributed by atoms with Crippen molar-refractivity contribution in [2.24, 2.45) is 0 Å². The van der Waals surface area contributed by atoms with Gasteiger partial charge in [-0.15, -0.1) is 0 Å². The van der Waals surface area contributed by atoms with Crippen LogP contribution in [0.25, 0.3) is 0 Å². The Morgan fingerprint density at radius 1 is 1.24 bits per heavy atom. The van der Waals surface area contributed by atoms with Crippen molar-refractivity contribution in [1.29, 1.82) is 0 Å². The number of hydrogen-bond acceptors (Lipinski definition) is 5. The lowest BCUT2D eigenvalue weighted by atomic mass is 9.90. The summed E-state index contributed by atoms with van der Waals surface area (Å²) >= 11 is 0. The van der Waals surface area contributed by atoms with Crippen LogP contribution in [0.3, 0.4) is 0 Å². The molecular formula is C26H30F3N3O5. The second-order valence-corrected chi connectivity index (χ2v) is 9.91. The standard InChI is InChI=1S/C26H30F3N3O5/c1-4-5-8-37-23-21-25(35)31-13-20(26(3,36)7-6-14(31)2)32(21)12-17(22(23)33)24(34)30-11-16-18(28)9-15(27)10-19(16)29/h9-10,12,14,20,36H,4-8,11,13H2,1-3H3,(H,30,34)/t14-,20+,26-/m0/s1. The van der Waals surface area contributed by atoms with E-state index in [0.717, 1.165) is 6.42 Å². The number of benzene rings is 1. The van der Waals surface area contributed by atoms with E-state index < -0.39 is 64.0 Å². The molecule has 1 saturated heterocycles. The number of hydrogen-bond donors (Lipinski definition) is 2. The fourth-order valence-electron chi connectivity index (χ4n) is 4.87. The van der Waals surface area contributed by atoms with Gasteiger partial charge in [-0.3, -0.25) is 14.4 Å². The fraction of sp³-hybridized carbons (Fsp3) is 0.500. The van der Waals surface area contributed by atoms with E-state index in [4.69, 9.17) is 4.74 Å². The molecule has 3 atom stereocenters. The van der Waals surface area contributed by atoms with Crippen molar-refractivity contribution in [3.8, 4) is 5.75 Å². The predicted octanol–water partition coefficient (Wildman–Crippen LogP) is 3.30. The summed E-state index contributed by atoms with van der Waals surface area (Å²) in [6.07, 6.45) is 3.47. The zero-order valence-corrected chi connectivity index (χ0v) is 20.9. The highest BCUT2D eigenvalue weighted by molar-refractivity contribution is 5.99. The van der Waals surface area contributed by atoms with E-state index in [1.54, 1.807) is 11.8 Å². The Morgan fingerprint density at radius 3 is 2.57 bits per heavy atom. The number of carbonyl (C=O) groups is 2. The Hall–Kier alpha value is -3.34. The van der Waals surface area contributed by atoms with Gasteiger partial charge in [0.15, 0.2) is 11.4 Å². The molecule has 4 rings (SSSR count). The molecule has 8 nitrogen and oxygen atoms in total. The minimum atomic E-state index is -1.26. The molecule has 0 saturated carbocycles. The summed E-state index contributed by atoms with van der Waals surface area (Å²) in [7, 11) is 0. The van der Waals surface area contributed by atoms with Crippen LogP contribution in [0, 0.1) is 17.5 Å². The number of halogens is 3. The molecule has 1 aromatic heterocycles. The zero-order valence-electron chi connectivity index (χ0n) is 20.9. The molecule has 1 aromatic carbocycles. The van der Waals surface area contributed by atoms with Gasteiger partial charge < -0.3 is 24.6 Å². The van der Waals surface area contributed by atoms with Crippen LogP contribution in [0.4, 0.5) is 13.2 Å². The van der Waals surface area contributed by atoms with E-state index in [0.29, 0.717) is 31.4 Å². The minimum Gasteiger partial charge on any atom is -0.487 e. The van der Waals surface area contributed by atoms with E-state index in [1.165, 1.54) is 10.8 Å². The Bertz CT molecular complexity index is 1270. The van der Waals surface area contributed by atoms with Crippen molar-refractivity contribution >= 4 is 11.8 Å². The molecule has 0 aliphatic carbocycles. The number of rotatable bonds is 7. The van der Waals surface area contributed by atoms with Crippen LogP contribution in [0.15, 0.2) is 23.1 Å². The second-order valence-electron chi connectivity index (χ2n) is 9.91. The lowest BCUT2D eigenvalue weighted by Crippen LogP contribution is -2.51. The number of ether oxygens (including phenoxy) is 1. The molecule has 2 N–H and O–H groups in total. The van der Waals surface area contributed by atoms with E-state index in [9.17, 15) is 32.7 Å². The van der Waals surface area contributed by atoms with Gasteiger partial charge in [-0.25, -0.2) is 13.2 Å². The van der Waals surface area contributed by atoms with Crippen LogP contribution in [-0.2, 0) is 6.54 Å². The Balaban J connectivity index is 1.79. The molecule has 0 spiro atoms. The molecule has 200 valence electrons. The molecule has 37 heavy (non-hydrogen) atoms. The van der Waals surface area contributed by atoms with Crippen LogP contribution in [0.1, 0.15) is 78.9 Å². The van der Waals surface area contributed by atoms with E-state index in [1.807, 2.05) is 13.8 Å². The van der Waals surface area contributed by atoms with Gasteiger partial charge in [0.1, 0.15) is 23.0 Å². The highest BCUT2D eigenvalue weighted by atomic mass is 19.1. The van der Waals surface area contributed by atoms with Gasteiger partial charge >= 0.3 is 0 Å². The molecule has 2 aromatic rings. The third-order valence-electron chi connectivity index (χ3n) is 7.20. The molecule has 0 unspecified atom stereocenters. The van der Waals surface area contributed by atoms with E-state index in [2.05, 4.69) is 5.32 Å². The van der Waals surface area contributed by atoms with Crippen molar-refractivity contribution < 1.29 is 32.6 Å². The lowest BCUT2D eigenvalue weighted by Gasteiger charge is -2.41. The number of aliphatic hydroxyl groups is 1. The van der Waals surface area contributed by atoms with Gasteiger partial charge in [0.25, 0.3) is 11.8 Å². The van der Waals surface area contributed by atoms with Gasteiger partial charge in [-0.05, 0) is 33.1 Å². The van der Waals surface area contributed by atoms with E-state index in [-0.39, 0.29) is 30.6 Å².